The lowest BCUT2D eigenvalue weighted by molar-refractivity contribution is -0.111. The molecule has 2 aromatic carbocycles. The van der Waals surface area contributed by atoms with Crippen LogP contribution in [0, 0.1) is 0 Å². The number of aromatic nitrogens is 2. The normalized spacial score (nSPS) is 11.0. The van der Waals surface area contributed by atoms with Crippen LogP contribution in [0.4, 0.5) is 5.69 Å². The Bertz CT molecular complexity index is 897. The predicted molar refractivity (Wildman–Crippen MR) is 105 cm³/mol. The van der Waals surface area contributed by atoms with Crippen LogP contribution in [0.2, 0.25) is 10.0 Å². The first-order valence-corrected chi connectivity index (χ1v) is 9.53. The second-order valence-electron chi connectivity index (χ2n) is 4.83. The zero-order valence-corrected chi connectivity index (χ0v) is 15.8. The Labute approximate surface area is 162 Å². The highest BCUT2D eigenvalue weighted by Gasteiger charge is 2.03. The third-order valence-corrected chi connectivity index (χ3v) is 5.56. The molecule has 0 spiro atoms. The summed E-state index contributed by atoms with van der Waals surface area (Å²) in [5.41, 5.74) is 3.20. The van der Waals surface area contributed by atoms with E-state index < -0.39 is 0 Å². The first-order chi connectivity index (χ1) is 12.1. The fourth-order valence-corrected chi connectivity index (χ4v) is 3.64. The van der Waals surface area contributed by atoms with Gasteiger partial charge in [0.2, 0.25) is 5.91 Å². The topological polar surface area (TPSA) is 54.9 Å². The molecule has 1 heterocycles. The Balaban J connectivity index is 1.58. The largest absolute Gasteiger partial charge is 0.323 e. The summed E-state index contributed by atoms with van der Waals surface area (Å²) in [5.74, 6) is -0.226. The molecule has 0 saturated heterocycles. The van der Waals surface area contributed by atoms with Crippen molar-refractivity contribution in [1.82, 2.24) is 10.2 Å². The monoisotopic (exact) mass is 407 g/mol. The van der Waals surface area contributed by atoms with Crippen LogP contribution in [0.1, 0.15) is 5.56 Å². The fraction of sp³-hybridized carbons (Fsp3) is 0. The molecule has 0 bridgehead atoms. The van der Waals surface area contributed by atoms with E-state index in [9.17, 15) is 4.79 Å². The van der Waals surface area contributed by atoms with Crippen LogP contribution in [0.3, 0.4) is 0 Å². The van der Waals surface area contributed by atoms with E-state index in [-0.39, 0.29) is 5.91 Å². The van der Waals surface area contributed by atoms with Crippen LogP contribution in [-0.4, -0.2) is 16.1 Å². The van der Waals surface area contributed by atoms with E-state index >= 15 is 0 Å². The molecule has 3 aromatic rings. The van der Waals surface area contributed by atoms with Gasteiger partial charge in [0.25, 0.3) is 0 Å². The number of hydrogen-bond donors (Lipinski definition) is 1. The third kappa shape index (κ3) is 5.31. The SMILES string of the molecule is O=C(/C=C/c1ccc(Cl)c(Cl)c1)Nc1ccc(Sc2nncs2)cc1. The van der Waals surface area contributed by atoms with Crippen LogP contribution in [0.15, 0.2) is 63.3 Å². The average Bonchev–Trinajstić information content (AvgIpc) is 3.11. The number of benzene rings is 2. The van der Waals surface area contributed by atoms with Crippen LogP contribution in [0.25, 0.3) is 6.08 Å². The van der Waals surface area contributed by atoms with Crippen molar-refractivity contribution in [3.63, 3.8) is 0 Å². The van der Waals surface area contributed by atoms with Crippen molar-refractivity contribution in [3.8, 4) is 0 Å². The van der Waals surface area contributed by atoms with Gasteiger partial charge in [0.05, 0.1) is 10.0 Å². The standard InChI is InChI=1S/C17H11Cl2N3OS2/c18-14-7-1-11(9-15(14)19)2-8-16(23)21-12-3-5-13(6-4-12)25-17-22-20-10-24-17/h1-10H,(H,21,23)/b8-2+. The molecule has 0 saturated carbocycles. The lowest BCUT2D eigenvalue weighted by Gasteiger charge is -2.03. The number of carbonyl (C=O) groups excluding carboxylic acids is 1. The van der Waals surface area contributed by atoms with Gasteiger partial charge in [-0.15, -0.1) is 10.2 Å². The van der Waals surface area contributed by atoms with Gasteiger partial charge in [-0.2, -0.15) is 0 Å². The van der Waals surface area contributed by atoms with Gasteiger partial charge in [-0.1, -0.05) is 52.4 Å². The number of nitrogens with zero attached hydrogens (tertiary/aromatic N) is 2. The lowest BCUT2D eigenvalue weighted by Crippen LogP contribution is -2.07. The first kappa shape index (κ1) is 17.9. The Hall–Kier alpha value is -1.86. The van der Waals surface area contributed by atoms with Crippen molar-refractivity contribution in [3.05, 3.63) is 69.7 Å². The smallest absolute Gasteiger partial charge is 0.248 e. The second kappa shape index (κ2) is 8.49. The summed E-state index contributed by atoms with van der Waals surface area (Å²) in [4.78, 5) is 13.0. The highest BCUT2D eigenvalue weighted by Crippen LogP contribution is 2.29. The average molecular weight is 408 g/mol. The summed E-state index contributed by atoms with van der Waals surface area (Å²) in [5, 5.41) is 11.5. The molecule has 4 nitrogen and oxygen atoms in total. The van der Waals surface area contributed by atoms with Crippen molar-refractivity contribution in [2.45, 2.75) is 9.24 Å². The first-order valence-electron chi connectivity index (χ1n) is 7.08. The Kier molecular flexibility index (Phi) is 6.09. The van der Waals surface area contributed by atoms with Crippen molar-refractivity contribution < 1.29 is 4.79 Å². The molecule has 25 heavy (non-hydrogen) atoms. The maximum absolute atomic E-state index is 12.0. The van der Waals surface area contributed by atoms with E-state index in [1.807, 2.05) is 24.3 Å². The maximum atomic E-state index is 12.0. The zero-order chi connectivity index (χ0) is 17.6. The molecule has 0 unspecified atom stereocenters. The van der Waals surface area contributed by atoms with Crippen LogP contribution in [-0.2, 0) is 4.79 Å². The number of carbonyl (C=O) groups is 1. The van der Waals surface area contributed by atoms with Crippen molar-refractivity contribution in [2.75, 3.05) is 5.32 Å². The summed E-state index contributed by atoms with van der Waals surface area (Å²) in [6.45, 7) is 0. The van der Waals surface area contributed by atoms with Crippen molar-refractivity contribution >= 4 is 64.0 Å². The minimum atomic E-state index is -0.226. The fourth-order valence-electron chi connectivity index (χ4n) is 1.89. The Morgan fingerprint density at radius 3 is 2.60 bits per heavy atom. The van der Waals surface area contributed by atoms with Gasteiger partial charge in [-0.05, 0) is 48.0 Å². The summed E-state index contributed by atoms with van der Waals surface area (Å²) < 4.78 is 0.876. The minimum Gasteiger partial charge on any atom is -0.323 e. The van der Waals surface area contributed by atoms with Gasteiger partial charge in [-0.3, -0.25) is 4.79 Å². The van der Waals surface area contributed by atoms with Crippen molar-refractivity contribution in [2.24, 2.45) is 0 Å². The van der Waals surface area contributed by atoms with E-state index in [0.717, 1.165) is 14.8 Å². The Morgan fingerprint density at radius 1 is 1.12 bits per heavy atom. The van der Waals surface area contributed by atoms with E-state index in [0.29, 0.717) is 15.7 Å². The molecule has 1 N–H and O–H groups in total. The second-order valence-corrected chi connectivity index (χ2v) is 7.80. The molecule has 126 valence electrons. The number of hydrogen-bond acceptors (Lipinski definition) is 5. The minimum absolute atomic E-state index is 0.226. The quantitative estimate of drug-likeness (QED) is 0.555. The van der Waals surface area contributed by atoms with E-state index in [1.165, 1.54) is 29.2 Å². The van der Waals surface area contributed by atoms with Crippen molar-refractivity contribution in [1.29, 1.82) is 0 Å². The summed E-state index contributed by atoms with van der Waals surface area (Å²) >= 11 is 14.8. The zero-order valence-electron chi connectivity index (χ0n) is 12.6. The lowest BCUT2D eigenvalue weighted by atomic mass is 10.2. The molecule has 0 aliphatic carbocycles. The molecular formula is C17H11Cl2N3OS2. The molecule has 0 aliphatic heterocycles. The van der Waals surface area contributed by atoms with E-state index in [1.54, 1.807) is 29.8 Å². The number of rotatable bonds is 5. The molecule has 0 aliphatic rings. The highest BCUT2D eigenvalue weighted by atomic mass is 35.5. The maximum Gasteiger partial charge on any atom is 0.248 e. The molecule has 3 rings (SSSR count). The molecular weight excluding hydrogens is 397 g/mol. The van der Waals surface area contributed by atoms with Gasteiger partial charge in [-0.25, -0.2) is 0 Å². The number of amides is 1. The molecule has 0 radical (unpaired) electrons. The number of halogens is 2. The summed E-state index contributed by atoms with van der Waals surface area (Å²) in [7, 11) is 0. The number of nitrogens with one attached hydrogen (secondary N) is 1. The van der Waals surface area contributed by atoms with E-state index in [2.05, 4.69) is 15.5 Å². The molecule has 8 heteroatoms. The van der Waals surface area contributed by atoms with Gasteiger partial charge < -0.3 is 5.32 Å². The van der Waals surface area contributed by atoms with E-state index in [4.69, 9.17) is 23.2 Å². The molecule has 0 fully saturated rings. The third-order valence-electron chi connectivity index (χ3n) is 3.04. The van der Waals surface area contributed by atoms with Crippen LogP contribution < -0.4 is 5.32 Å². The Morgan fingerprint density at radius 2 is 1.92 bits per heavy atom. The molecule has 0 atom stereocenters. The van der Waals surface area contributed by atoms with Crippen LogP contribution in [0.5, 0.6) is 0 Å². The highest BCUT2D eigenvalue weighted by molar-refractivity contribution is 8.01. The van der Waals surface area contributed by atoms with Gasteiger partial charge in [0, 0.05) is 16.7 Å². The van der Waals surface area contributed by atoms with Crippen LogP contribution >= 0.6 is 46.3 Å². The van der Waals surface area contributed by atoms with Gasteiger partial charge >= 0.3 is 0 Å². The summed E-state index contributed by atoms with van der Waals surface area (Å²) in [6.07, 6.45) is 3.13. The molecule has 1 amide bonds. The molecule has 1 aromatic heterocycles. The predicted octanol–water partition coefficient (Wildman–Crippen LogP) is 5.65. The number of anilines is 1. The summed E-state index contributed by atoms with van der Waals surface area (Å²) in [6, 6.07) is 12.7. The van der Waals surface area contributed by atoms with Gasteiger partial charge in [0.1, 0.15) is 5.51 Å². The van der Waals surface area contributed by atoms with Gasteiger partial charge in [0.15, 0.2) is 4.34 Å².